The molecular weight excluding hydrogens is 282 g/mol. The van der Waals surface area contributed by atoms with Crippen molar-refractivity contribution in [3.63, 3.8) is 0 Å². The number of sulfonamides is 1. The van der Waals surface area contributed by atoms with E-state index in [9.17, 15) is 13.5 Å². The van der Waals surface area contributed by atoms with E-state index in [1.54, 1.807) is 7.11 Å². The van der Waals surface area contributed by atoms with Gasteiger partial charge in [-0.3, -0.25) is 0 Å². The van der Waals surface area contributed by atoms with Crippen LogP contribution in [0.1, 0.15) is 6.42 Å². The lowest BCUT2D eigenvalue weighted by Gasteiger charge is -2.21. The number of methoxy groups -OCH3 is 2. The van der Waals surface area contributed by atoms with Crippen LogP contribution in [0.2, 0.25) is 0 Å². The molecule has 0 heterocycles. The van der Waals surface area contributed by atoms with Crippen molar-refractivity contribution >= 4 is 10.0 Å². The molecule has 0 radical (unpaired) electrons. The highest BCUT2D eigenvalue weighted by Crippen LogP contribution is 2.20. The number of hydrogen-bond acceptors (Lipinski definition) is 5. The van der Waals surface area contributed by atoms with Crippen LogP contribution in [0.4, 0.5) is 0 Å². The van der Waals surface area contributed by atoms with E-state index < -0.39 is 10.0 Å². The third kappa shape index (κ3) is 4.75. The molecule has 0 bridgehead atoms. The predicted octanol–water partition coefficient (Wildman–Crippen LogP) is 1.07. The number of hydrogen-bond donors (Lipinski definition) is 1. The van der Waals surface area contributed by atoms with Gasteiger partial charge >= 0.3 is 0 Å². The van der Waals surface area contributed by atoms with Crippen molar-refractivity contribution < 1.29 is 23.0 Å². The highest BCUT2D eigenvalue weighted by Gasteiger charge is 2.24. The first-order chi connectivity index (χ1) is 9.52. The van der Waals surface area contributed by atoms with Crippen molar-refractivity contribution in [1.82, 2.24) is 4.31 Å². The third-order valence-electron chi connectivity index (χ3n) is 2.76. The van der Waals surface area contributed by atoms with Gasteiger partial charge in [-0.05, 0) is 24.6 Å². The highest BCUT2D eigenvalue weighted by atomic mass is 32.2. The lowest BCUT2D eigenvalue weighted by Crippen LogP contribution is -2.35. The summed E-state index contributed by atoms with van der Waals surface area (Å²) in [6.07, 6.45) is 0.595. The van der Waals surface area contributed by atoms with Gasteiger partial charge in [0.15, 0.2) is 0 Å². The molecule has 0 spiro atoms. The first-order valence-corrected chi connectivity index (χ1v) is 7.73. The first-order valence-electron chi connectivity index (χ1n) is 6.29. The van der Waals surface area contributed by atoms with Gasteiger partial charge < -0.3 is 14.6 Å². The molecule has 0 aliphatic carbocycles. The maximum absolute atomic E-state index is 12.5. The Kier molecular flexibility index (Phi) is 6.94. The van der Waals surface area contributed by atoms with Crippen molar-refractivity contribution in [2.45, 2.75) is 11.3 Å². The van der Waals surface area contributed by atoms with E-state index in [4.69, 9.17) is 9.47 Å². The summed E-state index contributed by atoms with van der Waals surface area (Å²) < 4.78 is 36.2. The summed E-state index contributed by atoms with van der Waals surface area (Å²) in [5.74, 6) is -0.0744. The van der Waals surface area contributed by atoms with Crippen LogP contribution in [0.5, 0.6) is 5.75 Å². The second-order valence-corrected chi connectivity index (χ2v) is 6.18. The second-order valence-electron chi connectivity index (χ2n) is 4.24. The Morgan fingerprint density at radius 2 is 1.85 bits per heavy atom. The van der Waals surface area contributed by atoms with Gasteiger partial charge in [0.25, 0.3) is 0 Å². The van der Waals surface area contributed by atoms with Crippen LogP contribution in [0.25, 0.3) is 0 Å². The fourth-order valence-electron chi connectivity index (χ4n) is 1.72. The molecule has 0 fully saturated rings. The Morgan fingerprint density at radius 3 is 2.45 bits per heavy atom. The summed E-state index contributed by atoms with van der Waals surface area (Å²) in [5, 5.41) is 9.42. The predicted molar refractivity (Wildman–Crippen MR) is 75.2 cm³/mol. The molecule has 0 saturated heterocycles. The molecule has 6 nitrogen and oxygen atoms in total. The molecule has 0 amide bonds. The third-order valence-corrected chi connectivity index (χ3v) is 4.65. The number of nitrogens with zero attached hydrogens (tertiary/aromatic N) is 1. The van der Waals surface area contributed by atoms with Gasteiger partial charge in [-0.1, -0.05) is 6.07 Å². The topological polar surface area (TPSA) is 76.1 Å². The summed E-state index contributed by atoms with van der Waals surface area (Å²) in [5.41, 5.74) is 0. The zero-order chi connectivity index (χ0) is 15.0. The number of ether oxygens (including phenoxy) is 2. The molecule has 114 valence electrons. The van der Waals surface area contributed by atoms with Crippen molar-refractivity contribution in [3.05, 3.63) is 24.3 Å². The molecule has 1 aromatic carbocycles. The maximum Gasteiger partial charge on any atom is 0.243 e. The SMILES string of the molecule is COCCCN(CCOC)S(=O)(=O)c1cccc(O)c1. The van der Waals surface area contributed by atoms with E-state index in [2.05, 4.69) is 0 Å². The van der Waals surface area contributed by atoms with E-state index in [1.807, 2.05) is 0 Å². The van der Waals surface area contributed by atoms with Gasteiger partial charge in [-0.25, -0.2) is 8.42 Å². The van der Waals surface area contributed by atoms with Crippen molar-refractivity contribution in [3.8, 4) is 5.75 Å². The minimum Gasteiger partial charge on any atom is -0.508 e. The maximum atomic E-state index is 12.5. The summed E-state index contributed by atoms with van der Waals surface area (Å²) >= 11 is 0. The molecule has 0 atom stereocenters. The minimum absolute atomic E-state index is 0.0744. The molecule has 0 aliphatic heterocycles. The number of rotatable bonds is 9. The van der Waals surface area contributed by atoms with E-state index >= 15 is 0 Å². The molecule has 20 heavy (non-hydrogen) atoms. The number of phenols is 1. The zero-order valence-corrected chi connectivity index (χ0v) is 12.6. The van der Waals surface area contributed by atoms with Crippen molar-refractivity contribution in [2.75, 3.05) is 40.5 Å². The Bertz CT molecular complexity index is 503. The average Bonchev–Trinajstić information content (AvgIpc) is 2.42. The van der Waals surface area contributed by atoms with Gasteiger partial charge in [-0.2, -0.15) is 4.31 Å². The Balaban J connectivity index is 2.91. The Morgan fingerprint density at radius 1 is 1.15 bits per heavy atom. The average molecular weight is 303 g/mol. The summed E-state index contributed by atoms with van der Waals surface area (Å²) in [6, 6.07) is 5.64. The highest BCUT2D eigenvalue weighted by molar-refractivity contribution is 7.89. The molecule has 1 rings (SSSR count). The summed E-state index contributed by atoms with van der Waals surface area (Å²) in [7, 11) is -0.544. The Hall–Kier alpha value is -1.15. The van der Waals surface area contributed by atoms with Crippen LogP contribution in [-0.4, -0.2) is 58.4 Å². The molecule has 7 heteroatoms. The molecule has 0 unspecified atom stereocenters. The van der Waals surface area contributed by atoms with Gasteiger partial charge in [0, 0.05) is 33.9 Å². The number of aromatic hydroxyl groups is 1. The fourth-order valence-corrected chi connectivity index (χ4v) is 3.23. The van der Waals surface area contributed by atoms with Gasteiger partial charge in [0.2, 0.25) is 10.0 Å². The quantitative estimate of drug-likeness (QED) is 0.691. The van der Waals surface area contributed by atoms with Crippen LogP contribution < -0.4 is 0 Å². The first kappa shape index (κ1) is 16.9. The van der Waals surface area contributed by atoms with E-state index in [0.29, 0.717) is 26.2 Å². The van der Waals surface area contributed by atoms with Crippen LogP contribution in [0.3, 0.4) is 0 Å². The number of phenolic OH excluding ortho intramolecular Hbond substituents is 1. The minimum atomic E-state index is -3.64. The molecule has 1 N–H and O–H groups in total. The van der Waals surface area contributed by atoms with Gasteiger partial charge in [-0.15, -0.1) is 0 Å². The van der Waals surface area contributed by atoms with Crippen LogP contribution in [0, 0.1) is 0 Å². The second kappa shape index (κ2) is 8.21. The normalized spacial score (nSPS) is 11.9. The number of benzene rings is 1. The van der Waals surface area contributed by atoms with Crippen LogP contribution in [-0.2, 0) is 19.5 Å². The standard InChI is InChI=1S/C13H21NO5S/c1-18-9-4-7-14(8-10-19-2)20(16,17)13-6-3-5-12(15)11-13/h3,5-6,11,15H,4,7-10H2,1-2H3. The van der Waals surface area contributed by atoms with Crippen molar-refractivity contribution in [2.24, 2.45) is 0 Å². The fraction of sp³-hybridized carbons (Fsp3) is 0.538. The zero-order valence-electron chi connectivity index (χ0n) is 11.8. The Labute approximate surface area is 120 Å². The monoisotopic (exact) mass is 303 g/mol. The molecule has 0 aromatic heterocycles. The van der Waals surface area contributed by atoms with E-state index in [0.717, 1.165) is 0 Å². The lowest BCUT2D eigenvalue weighted by molar-refractivity contribution is 0.164. The largest absolute Gasteiger partial charge is 0.508 e. The van der Waals surface area contributed by atoms with Gasteiger partial charge in [0.05, 0.1) is 11.5 Å². The van der Waals surface area contributed by atoms with E-state index in [-0.39, 0.29) is 17.2 Å². The van der Waals surface area contributed by atoms with Gasteiger partial charge in [0.1, 0.15) is 5.75 Å². The lowest BCUT2D eigenvalue weighted by atomic mass is 10.3. The molecular formula is C13H21NO5S. The summed E-state index contributed by atoms with van der Waals surface area (Å²) in [6.45, 7) is 1.40. The smallest absolute Gasteiger partial charge is 0.243 e. The molecule has 0 aliphatic rings. The van der Waals surface area contributed by atoms with Crippen LogP contribution >= 0.6 is 0 Å². The van der Waals surface area contributed by atoms with E-state index in [1.165, 1.54) is 35.7 Å². The van der Waals surface area contributed by atoms with Crippen molar-refractivity contribution in [1.29, 1.82) is 0 Å². The summed E-state index contributed by atoms with van der Waals surface area (Å²) in [4.78, 5) is 0.0750. The van der Waals surface area contributed by atoms with Crippen LogP contribution in [0.15, 0.2) is 29.2 Å². The molecule has 0 saturated carbocycles. The molecule has 1 aromatic rings.